The van der Waals surface area contributed by atoms with Crippen LogP contribution in [0.1, 0.15) is 23.6 Å². The summed E-state index contributed by atoms with van der Waals surface area (Å²) in [5.74, 6) is -0.216. The summed E-state index contributed by atoms with van der Waals surface area (Å²) in [6.07, 6.45) is 8.55. The zero-order chi connectivity index (χ0) is 17.5. The molecule has 0 saturated heterocycles. The summed E-state index contributed by atoms with van der Waals surface area (Å²) in [5.41, 5.74) is 3.10. The Balaban J connectivity index is 1.94. The van der Waals surface area contributed by atoms with E-state index in [1.807, 2.05) is 30.3 Å². The maximum atomic E-state index is 13.1. The number of benzene rings is 3. The minimum atomic E-state index is -0.258. The van der Waals surface area contributed by atoms with Crippen LogP contribution in [-0.2, 0) is 5.41 Å². The van der Waals surface area contributed by atoms with Crippen molar-refractivity contribution in [2.75, 3.05) is 0 Å². The van der Waals surface area contributed by atoms with E-state index in [0.717, 1.165) is 5.56 Å². The van der Waals surface area contributed by atoms with E-state index in [9.17, 15) is 4.39 Å². The second kappa shape index (κ2) is 7.76. The fourth-order valence-corrected chi connectivity index (χ4v) is 2.72. The fourth-order valence-electron chi connectivity index (χ4n) is 2.72. The van der Waals surface area contributed by atoms with E-state index in [2.05, 4.69) is 61.5 Å². The van der Waals surface area contributed by atoms with Gasteiger partial charge in [-0.2, -0.15) is 0 Å². The van der Waals surface area contributed by atoms with Gasteiger partial charge in [-0.05, 0) is 35.7 Å². The standard InChI is InChI=1S/C24H21F/c1-24(22-10-6-3-7-11-22,18-16-20-8-4-2-5-9-20)19-17-21-12-14-23(25)15-13-21/h2-19H,1H3/b18-16+,19-17+/t24-/m0/s1. The van der Waals surface area contributed by atoms with Crippen molar-refractivity contribution in [3.63, 3.8) is 0 Å². The van der Waals surface area contributed by atoms with Gasteiger partial charge in [-0.15, -0.1) is 0 Å². The smallest absolute Gasteiger partial charge is 0.123 e. The first-order valence-electron chi connectivity index (χ1n) is 8.40. The minimum absolute atomic E-state index is 0.216. The molecule has 0 heterocycles. The molecule has 0 bridgehead atoms. The van der Waals surface area contributed by atoms with Crippen molar-refractivity contribution in [1.82, 2.24) is 0 Å². The molecule has 0 fully saturated rings. The van der Waals surface area contributed by atoms with Crippen LogP contribution < -0.4 is 0 Å². The molecule has 0 unspecified atom stereocenters. The Morgan fingerprint density at radius 1 is 0.640 bits per heavy atom. The molecular formula is C24H21F. The number of hydrogen-bond acceptors (Lipinski definition) is 0. The van der Waals surface area contributed by atoms with Crippen LogP contribution in [-0.4, -0.2) is 0 Å². The number of halogens is 1. The van der Waals surface area contributed by atoms with Crippen LogP contribution in [0, 0.1) is 5.82 Å². The van der Waals surface area contributed by atoms with E-state index in [4.69, 9.17) is 0 Å². The SMILES string of the molecule is C[C@](/C=C/c1ccccc1)(/C=C/c1ccc(F)cc1)c1ccccc1. The maximum Gasteiger partial charge on any atom is 0.123 e. The third-order valence-corrected chi connectivity index (χ3v) is 4.31. The van der Waals surface area contributed by atoms with Gasteiger partial charge in [0, 0.05) is 5.41 Å². The summed E-state index contributed by atoms with van der Waals surface area (Å²) in [4.78, 5) is 0. The molecule has 3 aromatic rings. The van der Waals surface area contributed by atoms with Crippen LogP contribution >= 0.6 is 0 Å². The number of rotatable bonds is 5. The van der Waals surface area contributed by atoms with Crippen LogP contribution in [0.4, 0.5) is 4.39 Å². The molecule has 0 nitrogen and oxygen atoms in total. The van der Waals surface area contributed by atoms with Crippen LogP contribution in [0.25, 0.3) is 12.2 Å². The van der Waals surface area contributed by atoms with Gasteiger partial charge in [0.05, 0.1) is 0 Å². The van der Waals surface area contributed by atoms with Crippen molar-refractivity contribution in [3.05, 3.63) is 120 Å². The molecule has 0 aliphatic heterocycles. The second-order valence-electron chi connectivity index (χ2n) is 6.28. The summed E-state index contributed by atoms with van der Waals surface area (Å²) in [6, 6.07) is 27.2. The van der Waals surface area contributed by atoms with Crippen molar-refractivity contribution in [2.45, 2.75) is 12.3 Å². The van der Waals surface area contributed by atoms with Gasteiger partial charge in [-0.1, -0.05) is 97.1 Å². The quantitative estimate of drug-likeness (QED) is 0.501. The van der Waals surface area contributed by atoms with Crippen LogP contribution in [0.3, 0.4) is 0 Å². The third kappa shape index (κ3) is 4.54. The molecule has 0 spiro atoms. The predicted octanol–water partition coefficient (Wildman–Crippen LogP) is 6.51. The molecule has 0 saturated carbocycles. The van der Waals surface area contributed by atoms with Crippen LogP contribution in [0.2, 0.25) is 0 Å². The van der Waals surface area contributed by atoms with E-state index < -0.39 is 0 Å². The van der Waals surface area contributed by atoms with E-state index in [1.54, 1.807) is 12.1 Å². The highest BCUT2D eigenvalue weighted by molar-refractivity contribution is 5.58. The molecule has 3 aromatic carbocycles. The minimum Gasteiger partial charge on any atom is -0.207 e. The van der Waals surface area contributed by atoms with Crippen molar-refractivity contribution in [3.8, 4) is 0 Å². The van der Waals surface area contributed by atoms with Crippen LogP contribution in [0.15, 0.2) is 97.1 Å². The van der Waals surface area contributed by atoms with Crippen molar-refractivity contribution >= 4 is 12.2 Å². The van der Waals surface area contributed by atoms with E-state index in [1.165, 1.54) is 23.3 Å². The number of hydrogen-bond donors (Lipinski definition) is 0. The highest BCUT2D eigenvalue weighted by Gasteiger charge is 2.19. The summed E-state index contributed by atoms with van der Waals surface area (Å²) in [5, 5.41) is 0. The summed E-state index contributed by atoms with van der Waals surface area (Å²) < 4.78 is 13.1. The van der Waals surface area contributed by atoms with Gasteiger partial charge in [-0.25, -0.2) is 4.39 Å². The van der Waals surface area contributed by atoms with Crippen molar-refractivity contribution < 1.29 is 4.39 Å². The Kier molecular flexibility index (Phi) is 5.25. The molecule has 1 heteroatoms. The molecular weight excluding hydrogens is 307 g/mol. The lowest BCUT2D eigenvalue weighted by Gasteiger charge is -2.23. The lowest BCUT2D eigenvalue weighted by atomic mass is 9.81. The first-order chi connectivity index (χ1) is 12.2. The van der Waals surface area contributed by atoms with E-state index >= 15 is 0 Å². The number of allylic oxidation sites excluding steroid dienone is 2. The molecule has 1 atom stereocenters. The summed E-state index contributed by atoms with van der Waals surface area (Å²) in [7, 11) is 0. The Morgan fingerprint density at radius 3 is 1.68 bits per heavy atom. The topological polar surface area (TPSA) is 0 Å². The van der Waals surface area contributed by atoms with Gasteiger partial charge in [0.2, 0.25) is 0 Å². The Morgan fingerprint density at radius 2 is 1.12 bits per heavy atom. The largest absolute Gasteiger partial charge is 0.207 e. The molecule has 0 amide bonds. The zero-order valence-corrected chi connectivity index (χ0v) is 14.3. The van der Waals surface area contributed by atoms with Gasteiger partial charge in [0.15, 0.2) is 0 Å². The Labute approximate surface area is 149 Å². The molecule has 3 rings (SSSR count). The van der Waals surface area contributed by atoms with Crippen molar-refractivity contribution in [2.24, 2.45) is 0 Å². The second-order valence-corrected chi connectivity index (χ2v) is 6.28. The van der Waals surface area contributed by atoms with Gasteiger partial charge in [0.1, 0.15) is 5.82 Å². The zero-order valence-electron chi connectivity index (χ0n) is 14.3. The molecule has 0 aliphatic rings. The Hall–Kier alpha value is -2.93. The summed E-state index contributed by atoms with van der Waals surface area (Å²) >= 11 is 0. The predicted molar refractivity (Wildman–Crippen MR) is 105 cm³/mol. The maximum absolute atomic E-state index is 13.1. The highest BCUT2D eigenvalue weighted by Crippen LogP contribution is 2.29. The van der Waals surface area contributed by atoms with Gasteiger partial charge >= 0.3 is 0 Å². The summed E-state index contributed by atoms with van der Waals surface area (Å²) in [6.45, 7) is 2.18. The molecule has 0 aromatic heterocycles. The van der Waals surface area contributed by atoms with Crippen LogP contribution in [0.5, 0.6) is 0 Å². The Bertz CT molecular complexity index is 846. The monoisotopic (exact) mass is 328 g/mol. The van der Waals surface area contributed by atoms with E-state index in [-0.39, 0.29) is 11.2 Å². The van der Waals surface area contributed by atoms with Crippen molar-refractivity contribution in [1.29, 1.82) is 0 Å². The first kappa shape index (κ1) is 16.9. The molecule has 0 aliphatic carbocycles. The lowest BCUT2D eigenvalue weighted by Crippen LogP contribution is -2.15. The normalized spacial score (nSPS) is 14.0. The van der Waals surface area contributed by atoms with Gasteiger partial charge < -0.3 is 0 Å². The molecule has 0 radical (unpaired) electrons. The third-order valence-electron chi connectivity index (χ3n) is 4.31. The van der Waals surface area contributed by atoms with Gasteiger partial charge in [0.25, 0.3) is 0 Å². The lowest BCUT2D eigenvalue weighted by molar-refractivity contribution is 0.628. The highest BCUT2D eigenvalue weighted by atomic mass is 19.1. The molecule has 124 valence electrons. The average molecular weight is 328 g/mol. The fraction of sp³-hybridized carbons (Fsp3) is 0.0833. The average Bonchev–Trinajstić information content (AvgIpc) is 2.67. The first-order valence-corrected chi connectivity index (χ1v) is 8.40. The molecule has 25 heavy (non-hydrogen) atoms. The van der Waals surface area contributed by atoms with E-state index in [0.29, 0.717) is 0 Å². The molecule has 0 N–H and O–H groups in total. The van der Waals surface area contributed by atoms with Gasteiger partial charge in [-0.3, -0.25) is 0 Å².